The van der Waals surface area contributed by atoms with Crippen LogP contribution in [-0.2, 0) is 9.47 Å². The second-order valence-corrected chi connectivity index (χ2v) is 6.34. The Kier molecular flexibility index (Phi) is 5.46. The number of methoxy groups -OCH3 is 1. The fraction of sp³-hybridized carbons (Fsp3) is 0.647. The minimum atomic E-state index is -0.131. The van der Waals surface area contributed by atoms with Gasteiger partial charge in [0.2, 0.25) is 0 Å². The Bertz CT molecular complexity index is 507. The molecular formula is C17H25N3O3. The van der Waals surface area contributed by atoms with E-state index in [1.165, 1.54) is 12.8 Å². The minimum absolute atomic E-state index is 0.0199. The molecule has 0 aromatic carbocycles. The molecule has 2 aliphatic rings. The predicted octanol–water partition coefficient (Wildman–Crippen LogP) is 2.03. The predicted molar refractivity (Wildman–Crippen MR) is 86.0 cm³/mol. The van der Waals surface area contributed by atoms with Crippen LogP contribution in [0.15, 0.2) is 24.5 Å². The summed E-state index contributed by atoms with van der Waals surface area (Å²) in [4.78, 5) is 16.4. The zero-order valence-electron chi connectivity index (χ0n) is 13.5. The van der Waals surface area contributed by atoms with Crippen LogP contribution < -0.4 is 10.6 Å². The van der Waals surface area contributed by atoms with Crippen LogP contribution in [0.2, 0.25) is 0 Å². The lowest BCUT2D eigenvalue weighted by atomic mass is 9.97. The molecule has 1 aromatic heterocycles. The summed E-state index contributed by atoms with van der Waals surface area (Å²) < 4.78 is 11.1. The summed E-state index contributed by atoms with van der Waals surface area (Å²) in [5.74, 6) is 0.555. The molecule has 0 unspecified atom stereocenters. The molecule has 126 valence electrons. The molecule has 1 saturated heterocycles. The van der Waals surface area contributed by atoms with Gasteiger partial charge in [-0.25, -0.2) is 4.79 Å². The van der Waals surface area contributed by atoms with Crippen molar-refractivity contribution in [2.45, 2.75) is 43.9 Å². The van der Waals surface area contributed by atoms with Crippen LogP contribution in [0.1, 0.15) is 37.4 Å². The lowest BCUT2D eigenvalue weighted by molar-refractivity contribution is -0.00767. The first-order chi connectivity index (χ1) is 11.3. The van der Waals surface area contributed by atoms with Gasteiger partial charge >= 0.3 is 6.03 Å². The summed E-state index contributed by atoms with van der Waals surface area (Å²) in [6, 6.07) is 3.84. The Balaban J connectivity index is 1.59. The SMILES string of the molecule is COC[C@H](NC(=O)N[C@H]1CCCO[C@@H]1c1ccncc1)C1CC1. The van der Waals surface area contributed by atoms with Gasteiger partial charge in [-0.15, -0.1) is 0 Å². The number of pyridine rings is 1. The molecule has 6 heteroatoms. The van der Waals surface area contributed by atoms with E-state index < -0.39 is 0 Å². The lowest BCUT2D eigenvalue weighted by Gasteiger charge is -2.33. The molecule has 1 saturated carbocycles. The van der Waals surface area contributed by atoms with Gasteiger partial charge in [0.05, 0.1) is 18.7 Å². The fourth-order valence-electron chi connectivity index (χ4n) is 3.16. The van der Waals surface area contributed by atoms with Gasteiger partial charge in [0.15, 0.2) is 0 Å². The van der Waals surface area contributed by atoms with Crippen molar-refractivity contribution >= 4 is 6.03 Å². The highest BCUT2D eigenvalue weighted by atomic mass is 16.5. The van der Waals surface area contributed by atoms with Gasteiger partial charge in [0, 0.05) is 26.1 Å². The summed E-state index contributed by atoms with van der Waals surface area (Å²) in [6.07, 6.45) is 7.61. The lowest BCUT2D eigenvalue weighted by Crippen LogP contribution is -2.51. The highest BCUT2D eigenvalue weighted by Crippen LogP contribution is 2.33. The van der Waals surface area contributed by atoms with Gasteiger partial charge in [-0.1, -0.05) is 0 Å². The number of rotatable bonds is 6. The van der Waals surface area contributed by atoms with Gasteiger partial charge in [-0.2, -0.15) is 0 Å². The maximum absolute atomic E-state index is 12.4. The van der Waals surface area contributed by atoms with E-state index in [1.807, 2.05) is 12.1 Å². The van der Waals surface area contributed by atoms with Crippen molar-refractivity contribution in [3.05, 3.63) is 30.1 Å². The van der Waals surface area contributed by atoms with E-state index in [2.05, 4.69) is 15.6 Å². The first-order valence-corrected chi connectivity index (χ1v) is 8.35. The number of carbonyl (C=O) groups excluding carboxylic acids is 1. The number of hydrogen-bond donors (Lipinski definition) is 2. The number of ether oxygens (including phenoxy) is 2. The molecular weight excluding hydrogens is 294 g/mol. The molecule has 1 aromatic rings. The van der Waals surface area contributed by atoms with Gasteiger partial charge < -0.3 is 20.1 Å². The Hall–Kier alpha value is -1.66. The molecule has 0 spiro atoms. The van der Waals surface area contributed by atoms with Crippen molar-refractivity contribution in [1.82, 2.24) is 15.6 Å². The van der Waals surface area contributed by atoms with Gasteiger partial charge in [-0.05, 0) is 49.3 Å². The summed E-state index contributed by atoms with van der Waals surface area (Å²) in [5, 5.41) is 6.14. The summed E-state index contributed by atoms with van der Waals surface area (Å²) in [5.41, 5.74) is 1.06. The molecule has 1 aliphatic carbocycles. The van der Waals surface area contributed by atoms with E-state index >= 15 is 0 Å². The number of nitrogens with one attached hydrogen (secondary N) is 2. The quantitative estimate of drug-likeness (QED) is 0.841. The molecule has 1 aliphatic heterocycles. The third-order valence-corrected chi connectivity index (χ3v) is 4.53. The summed E-state index contributed by atoms with van der Waals surface area (Å²) >= 11 is 0. The largest absolute Gasteiger partial charge is 0.383 e. The second kappa shape index (κ2) is 7.75. The van der Waals surface area contributed by atoms with Gasteiger partial charge in [0.25, 0.3) is 0 Å². The maximum Gasteiger partial charge on any atom is 0.315 e. The number of hydrogen-bond acceptors (Lipinski definition) is 4. The zero-order chi connectivity index (χ0) is 16.1. The summed E-state index contributed by atoms with van der Waals surface area (Å²) in [6.45, 7) is 1.29. The van der Waals surface area contributed by atoms with Gasteiger partial charge in [-0.3, -0.25) is 4.98 Å². The van der Waals surface area contributed by atoms with Crippen LogP contribution >= 0.6 is 0 Å². The first-order valence-electron chi connectivity index (χ1n) is 8.35. The average molecular weight is 319 g/mol. The second-order valence-electron chi connectivity index (χ2n) is 6.34. The Morgan fingerprint density at radius 3 is 2.87 bits per heavy atom. The fourth-order valence-corrected chi connectivity index (χ4v) is 3.16. The third kappa shape index (κ3) is 4.42. The third-order valence-electron chi connectivity index (χ3n) is 4.53. The molecule has 2 amide bonds. The van der Waals surface area contributed by atoms with Crippen molar-refractivity contribution < 1.29 is 14.3 Å². The number of aromatic nitrogens is 1. The van der Waals surface area contributed by atoms with Crippen molar-refractivity contribution in [1.29, 1.82) is 0 Å². The van der Waals surface area contributed by atoms with Crippen LogP contribution in [0.4, 0.5) is 4.79 Å². The molecule has 0 radical (unpaired) electrons. The van der Waals surface area contributed by atoms with E-state index in [1.54, 1.807) is 19.5 Å². The highest BCUT2D eigenvalue weighted by Gasteiger charge is 2.34. The van der Waals surface area contributed by atoms with E-state index in [4.69, 9.17) is 9.47 Å². The van der Waals surface area contributed by atoms with E-state index in [-0.39, 0.29) is 24.2 Å². The minimum Gasteiger partial charge on any atom is -0.383 e. The highest BCUT2D eigenvalue weighted by molar-refractivity contribution is 5.74. The molecule has 2 heterocycles. The monoisotopic (exact) mass is 319 g/mol. The first kappa shape index (κ1) is 16.2. The molecule has 3 atom stereocenters. The van der Waals surface area contributed by atoms with Crippen molar-refractivity contribution in [3.63, 3.8) is 0 Å². The van der Waals surface area contributed by atoms with E-state index in [0.29, 0.717) is 12.5 Å². The number of carbonyl (C=O) groups is 1. The topological polar surface area (TPSA) is 72.5 Å². The molecule has 2 fully saturated rings. The van der Waals surface area contributed by atoms with E-state index in [0.717, 1.165) is 25.0 Å². The smallest absolute Gasteiger partial charge is 0.315 e. The number of urea groups is 1. The maximum atomic E-state index is 12.4. The molecule has 2 N–H and O–H groups in total. The zero-order valence-corrected chi connectivity index (χ0v) is 13.5. The standard InChI is InChI=1S/C17H25N3O3/c1-22-11-15(12-4-5-12)20-17(21)19-14-3-2-10-23-16(14)13-6-8-18-9-7-13/h6-9,12,14-16H,2-5,10-11H2,1H3,(H2,19,20,21)/t14-,15-,16+/m0/s1. The molecule has 6 nitrogen and oxygen atoms in total. The van der Waals surface area contributed by atoms with Crippen molar-refractivity contribution in [2.24, 2.45) is 5.92 Å². The Labute approximate surface area is 137 Å². The van der Waals surface area contributed by atoms with Crippen LogP contribution in [0.5, 0.6) is 0 Å². The van der Waals surface area contributed by atoms with Crippen molar-refractivity contribution in [3.8, 4) is 0 Å². The number of nitrogens with zero attached hydrogens (tertiary/aromatic N) is 1. The average Bonchev–Trinajstić information content (AvgIpc) is 3.41. The van der Waals surface area contributed by atoms with Crippen molar-refractivity contribution in [2.75, 3.05) is 20.3 Å². The Morgan fingerprint density at radius 1 is 1.39 bits per heavy atom. The Morgan fingerprint density at radius 2 is 2.17 bits per heavy atom. The molecule has 3 rings (SSSR count). The van der Waals surface area contributed by atoms with Crippen LogP contribution in [0.3, 0.4) is 0 Å². The van der Waals surface area contributed by atoms with Gasteiger partial charge in [0.1, 0.15) is 6.10 Å². The molecule has 23 heavy (non-hydrogen) atoms. The number of amides is 2. The molecule has 0 bridgehead atoms. The van der Waals surface area contributed by atoms with Crippen LogP contribution in [-0.4, -0.2) is 43.4 Å². The van der Waals surface area contributed by atoms with Crippen LogP contribution in [0, 0.1) is 5.92 Å². The van der Waals surface area contributed by atoms with Crippen LogP contribution in [0.25, 0.3) is 0 Å². The van der Waals surface area contributed by atoms with E-state index in [9.17, 15) is 4.79 Å². The normalized spacial score (nSPS) is 25.6. The summed E-state index contributed by atoms with van der Waals surface area (Å²) in [7, 11) is 1.67.